The largest absolute Gasteiger partial charge is 0.299 e. The van der Waals surface area contributed by atoms with Crippen molar-refractivity contribution in [1.82, 2.24) is 19.2 Å². The minimum Gasteiger partial charge on any atom is -0.299 e. The summed E-state index contributed by atoms with van der Waals surface area (Å²) in [6, 6.07) is 6.08. The summed E-state index contributed by atoms with van der Waals surface area (Å²) in [4.78, 5) is 4.80. The standard InChI is InChI=1S/C15H18N4/c1-15(2,3)14-13(11-9-16-18(4)10-11)19-8-6-5-7-12(19)17-14/h5-10H,1-4H3. The summed E-state index contributed by atoms with van der Waals surface area (Å²) in [7, 11) is 1.93. The van der Waals surface area contributed by atoms with E-state index in [1.165, 1.54) is 0 Å². The number of aromatic nitrogens is 4. The highest BCUT2D eigenvalue weighted by molar-refractivity contribution is 5.67. The maximum atomic E-state index is 4.80. The van der Waals surface area contributed by atoms with E-state index in [2.05, 4.69) is 36.5 Å². The number of imidazole rings is 1. The molecule has 3 heterocycles. The van der Waals surface area contributed by atoms with Gasteiger partial charge in [-0.1, -0.05) is 26.8 Å². The van der Waals surface area contributed by atoms with Crippen LogP contribution in [-0.2, 0) is 12.5 Å². The first kappa shape index (κ1) is 12.0. The minimum atomic E-state index is -0.00278. The highest BCUT2D eigenvalue weighted by Crippen LogP contribution is 2.33. The number of rotatable bonds is 1. The number of hydrogen-bond acceptors (Lipinski definition) is 2. The van der Waals surface area contributed by atoms with Gasteiger partial charge in [-0.3, -0.25) is 9.08 Å². The van der Waals surface area contributed by atoms with Crippen LogP contribution in [0.4, 0.5) is 0 Å². The summed E-state index contributed by atoms with van der Waals surface area (Å²) in [5.41, 5.74) is 4.32. The molecule has 0 saturated heterocycles. The number of nitrogens with zero attached hydrogens (tertiary/aromatic N) is 4. The van der Waals surface area contributed by atoms with Crippen molar-refractivity contribution in [3.63, 3.8) is 0 Å². The quantitative estimate of drug-likeness (QED) is 0.669. The van der Waals surface area contributed by atoms with Crippen LogP contribution < -0.4 is 0 Å². The molecule has 0 unspecified atom stereocenters. The molecule has 0 fully saturated rings. The van der Waals surface area contributed by atoms with Gasteiger partial charge in [-0.05, 0) is 12.1 Å². The molecule has 19 heavy (non-hydrogen) atoms. The van der Waals surface area contributed by atoms with E-state index in [9.17, 15) is 0 Å². The molecular formula is C15H18N4. The Bertz CT molecular complexity index is 728. The maximum absolute atomic E-state index is 4.80. The van der Waals surface area contributed by atoms with E-state index < -0.39 is 0 Å². The van der Waals surface area contributed by atoms with Crippen LogP contribution in [0, 0.1) is 0 Å². The molecule has 0 spiro atoms. The lowest BCUT2D eigenvalue weighted by molar-refractivity contribution is 0.575. The molecule has 4 heteroatoms. The molecule has 0 bridgehead atoms. The molecule has 0 aliphatic carbocycles. The lowest BCUT2D eigenvalue weighted by atomic mass is 9.89. The fraction of sp³-hybridized carbons (Fsp3) is 0.333. The van der Waals surface area contributed by atoms with E-state index in [0.717, 1.165) is 22.6 Å². The van der Waals surface area contributed by atoms with E-state index in [0.29, 0.717) is 0 Å². The number of aryl methyl sites for hydroxylation is 1. The molecule has 0 amide bonds. The second kappa shape index (κ2) is 3.95. The van der Waals surface area contributed by atoms with E-state index in [4.69, 9.17) is 4.98 Å². The van der Waals surface area contributed by atoms with Gasteiger partial charge in [0.05, 0.1) is 17.6 Å². The van der Waals surface area contributed by atoms with Crippen molar-refractivity contribution >= 4 is 5.65 Å². The molecule has 4 nitrogen and oxygen atoms in total. The van der Waals surface area contributed by atoms with Crippen LogP contribution in [0.5, 0.6) is 0 Å². The van der Waals surface area contributed by atoms with Crippen LogP contribution in [0.3, 0.4) is 0 Å². The van der Waals surface area contributed by atoms with E-state index in [1.54, 1.807) is 0 Å². The van der Waals surface area contributed by atoms with Crippen LogP contribution in [-0.4, -0.2) is 19.2 Å². The van der Waals surface area contributed by atoms with Crippen LogP contribution in [0.15, 0.2) is 36.8 Å². The third-order valence-corrected chi connectivity index (χ3v) is 3.22. The molecular weight excluding hydrogens is 236 g/mol. The predicted molar refractivity (Wildman–Crippen MR) is 76.1 cm³/mol. The average molecular weight is 254 g/mol. The first-order chi connectivity index (χ1) is 8.97. The first-order valence-electron chi connectivity index (χ1n) is 6.43. The Balaban J connectivity index is 2.37. The topological polar surface area (TPSA) is 35.1 Å². The summed E-state index contributed by atoms with van der Waals surface area (Å²) in [6.45, 7) is 6.57. The smallest absolute Gasteiger partial charge is 0.137 e. The van der Waals surface area contributed by atoms with Gasteiger partial charge in [-0.15, -0.1) is 0 Å². The highest BCUT2D eigenvalue weighted by atomic mass is 15.2. The molecule has 0 aliphatic rings. The van der Waals surface area contributed by atoms with Crippen molar-refractivity contribution in [2.75, 3.05) is 0 Å². The molecule has 0 atom stereocenters. The van der Waals surface area contributed by atoms with Gasteiger partial charge in [0.2, 0.25) is 0 Å². The Morgan fingerprint density at radius 3 is 2.58 bits per heavy atom. The third kappa shape index (κ3) is 1.93. The molecule has 0 N–H and O–H groups in total. The molecule has 0 saturated carbocycles. The number of pyridine rings is 1. The molecule has 98 valence electrons. The van der Waals surface area contributed by atoms with Gasteiger partial charge in [0.25, 0.3) is 0 Å². The Morgan fingerprint density at radius 1 is 1.16 bits per heavy atom. The van der Waals surface area contributed by atoms with Crippen molar-refractivity contribution in [3.05, 3.63) is 42.5 Å². The Labute approximate surface area is 112 Å². The molecule has 0 radical (unpaired) electrons. The van der Waals surface area contributed by atoms with Gasteiger partial charge in [0, 0.05) is 30.4 Å². The summed E-state index contributed by atoms with van der Waals surface area (Å²) < 4.78 is 3.96. The molecule has 0 aliphatic heterocycles. The van der Waals surface area contributed by atoms with Gasteiger partial charge in [0.1, 0.15) is 5.65 Å². The summed E-state index contributed by atoms with van der Waals surface area (Å²) >= 11 is 0. The van der Waals surface area contributed by atoms with Crippen molar-refractivity contribution < 1.29 is 0 Å². The molecule has 3 aromatic heterocycles. The zero-order valence-electron chi connectivity index (χ0n) is 11.8. The van der Waals surface area contributed by atoms with Gasteiger partial charge in [-0.2, -0.15) is 5.10 Å². The Hall–Kier alpha value is -2.10. The Morgan fingerprint density at radius 2 is 1.95 bits per heavy atom. The van der Waals surface area contributed by atoms with E-state index >= 15 is 0 Å². The van der Waals surface area contributed by atoms with Crippen molar-refractivity contribution in [2.24, 2.45) is 7.05 Å². The third-order valence-electron chi connectivity index (χ3n) is 3.22. The maximum Gasteiger partial charge on any atom is 0.137 e. The van der Waals surface area contributed by atoms with Gasteiger partial charge >= 0.3 is 0 Å². The zero-order valence-corrected chi connectivity index (χ0v) is 11.8. The second-order valence-corrected chi connectivity index (χ2v) is 5.89. The normalized spacial score (nSPS) is 12.2. The number of hydrogen-bond donors (Lipinski definition) is 0. The fourth-order valence-electron chi connectivity index (χ4n) is 2.34. The van der Waals surface area contributed by atoms with Gasteiger partial charge < -0.3 is 0 Å². The van der Waals surface area contributed by atoms with Crippen molar-refractivity contribution in [2.45, 2.75) is 26.2 Å². The van der Waals surface area contributed by atoms with Crippen LogP contribution in [0.1, 0.15) is 26.5 Å². The Kier molecular flexibility index (Phi) is 2.49. The lowest BCUT2D eigenvalue weighted by Crippen LogP contribution is -2.13. The zero-order chi connectivity index (χ0) is 13.6. The summed E-state index contributed by atoms with van der Waals surface area (Å²) in [5, 5.41) is 4.28. The predicted octanol–water partition coefficient (Wildman–Crippen LogP) is 3.03. The second-order valence-electron chi connectivity index (χ2n) is 5.89. The van der Waals surface area contributed by atoms with Crippen LogP contribution in [0.2, 0.25) is 0 Å². The minimum absolute atomic E-state index is 0.00278. The summed E-state index contributed by atoms with van der Waals surface area (Å²) in [6.07, 6.45) is 5.98. The fourth-order valence-corrected chi connectivity index (χ4v) is 2.34. The monoisotopic (exact) mass is 254 g/mol. The first-order valence-corrected chi connectivity index (χ1v) is 6.43. The number of fused-ring (bicyclic) bond motifs is 1. The SMILES string of the molecule is Cn1cc(-c2c(C(C)(C)C)nc3ccccn23)cn1. The molecule has 3 aromatic rings. The molecule has 0 aromatic carbocycles. The van der Waals surface area contributed by atoms with Crippen LogP contribution >= 0.6 is 0 Å². The van der Waals surface area contributed by atoms with Gasteiger partial charge in [-0.25, -0.2) is 4.98 Å². The van der Waals surface area contributed by atoms with Crippen LogP contribution in [0.25, 0.3) is 16.9 Å². The average Bonchev–Trinajstić information content (AvgIpc) is 2.91. The highest BCUT2D eigenvalue weighted by Gasteiger charge is 2.25. The van der Waals surface area contributed by atoms with E-state index in [-0.39, 0.29) is 5.41 Å². The van der Waals surface area contributed by atoms with E-state index in [1.807, 2.05) is 42.3 Å². The van der Waals surface area contributed by atoms with Crippen molar-refractivity contribution in [1.29, 1.82) is 0 Å². The lowest BCUT2D eigenvalue weighted by Gasteiger charge is -2.17. The van der Waals surface area contributed by atoms with Gasteiger partial charge in [0.15, 0.2) is 0 Å². The summed E-state index contributed by atoms with van der Waals surface area (Å²) in [5.74, 6) is 0. The van der Waals surface area contributed by atoms with Crippen molar-refractivity contribution in [3.8, 4) is 11.3 Å². The molecule has 3 rings (SSSR count).